The Morgan fingerprint density at radius 3 is 1.64 bits per heavy atom. The largest absolute Gasteiger partial charge is 0.481 e. The van der Waals surface area contributed by atoms with Crippen molar-refractivity contribution in [3.05, 3.63) is 0 Å². The van der Waals surface area contributed by atoms with Crippen molar-refractivity contribution in [2.24, 2.45) is 5.92 Å². The minimum Gasteiger partial charge on any atom is -0.481 e. The second-order valence-corrected chi connectivity index (χ2v) is 2.71. The third-order valence-corrected chi connectivity index (χ3v) is 1.56. The van der Waals surface area contributed by atoms with E-state index in [1.54, 1.807) is 0 Å². The Hall–Kier alpha value is -1.63. The van der Waals surface area contributed by atoms with Crippen molar-refractivity contribution in [1.82, 2.24) is 0 Å². The summed E-state index contributed by atoms with van der Waals surface area (Å²) in [5.41, 5.74) is 0. The number of aliphatic hydroxyl groups excluding tert-OH is 1. The summed E-state index contributed by atoms with van der Waals surface area (Å²) >= 11 is 0. The van der Waals surface area contributed by atoms with Gasteiger partial charge in [0, 0.05) is 0 Å². The first-order valence-corrected chi connectivity index (χ1v) is 3.69. The molecule has 0 amide bonds. The van der Waals surface area contributed by atoms with Gasteiger partial charge in [0.15, 0.2) is 0 Å². The fourth-order valence-corrected chi connectivity index (χ4v) is 0.897. The van der Waals surface area contributed by atoms with Gasteiger partial charge in [-0.3, -0.25) is 14.4 Å². The molecule has 0 radical (unpaired) electrons. The highest BCUT2D eigenvalue weighted by atomic mass is 16.4. The van der Waals surface area contributed by atoms with Gasteiger partial charge < -0.3 is 20.4 Å². The van der Waals surface area contributed by atoms with Gasteiger partial charge in [-0.05, 0) is 0 Å². The van der Waals surface area contributed by atoms with Crippen molar-refractivity contribution in [2.45, 2.75) is 18.9 Å². The van der Waals surface area contributed by atoms with Gasteiger partial charge in [0.05, 0.1) is 24.9 Å². The number of carbonyl (C=O) groups is 3. The lowest BCUT2D eigenvalue weighted by atomic mass is 9.96. The smallest absolute Gasteiger partial charge is 0.309 e. The molecule has 0 heterocycles. The molecule has 0 aromatic heterocycles. The van der Waals surface area contributed by atoms with E-state index in [4.69, 9.17) is 20.4 Å². The predicted molar refractivity (Wildman–Crippen MR) is 41.6 cm³/mol. The van der Waals surface area contributed by atoms with Crippen LogP contribution in [0, 0.1) is 5.92 Å². The molecule has 7 nitrogen and oxygen atoms in total. The van der Waals surface area contributed by atoms with Crippen LogP contribution in [0.5, 0.6) is 0 Å². The van der Waals surface area contributed by atoms with E-state index >= 15 is 0 Å². The SMILES string of the molecule is O=C(O)CC(O)C(CC(=O)O)C(=O)O. The van der Waals surface area contributed by atoms with Crippen LogP contribution in [0.2, 0.25) is 0 Å². The molecule has 0 rings (SSSR count). The molecular weight excluding hydrogens is 196 g/mol. The first kappa shape index (κ1) is 12.4. The average Bonchev–Trinajstić information content (AvgIpc) is 1.97. The van der Waals surface area contributed by atoms with E-state index in [0.29, 0.717) is 0 Å². The maximum Gasteiger partial charge on any atom is 0.309 e. The summed E-state index contributed by atoms with van der Waals surface area (Å²) in [6.07, 6.45) is -3.28. The molecule has 0 bridgehead atoms. The lowest BCUT2D eigenvalue weighted by Crippen LogP contribution is -2.32. The van der Waals surface area contributed by atoms with Crippen LogP contribution in [-0.2, 0) is 14.4 Å². The predicted octanol–water partition coefficient (Wildman–Crippen LogP) is -1.00. The van der Waals surface area contributed by atoms with Crippen LogP contribution >= 0.6 is 0 Å². The van der Waals surface area contributed by atoms with Gasteiger partial charge in [-0.2, -0.15) is 0 Å². The summed E-state index contributed by atoms with van der Waals surface area (Å²) in [6, 6.07) is 0. The van der Waals surface area contributed by atoms with Gasteiger partial charge in [-0.15, -0.1) is 0 Å². The number of hydrogen-bond acceptors (Lipinski definition) is 4. The van der Waals surface area contributed by atoms with Gasteiger partial charge in [-0.1, -0.05) is 0 Å². The van der Waals surface area contributed by atoms with Crippen LogP contribution in [0.4, 0.5) is 0 Å². The first-order valence-electron chi connectivity index (χ1n) is 3.69. The molecular formula is C7H10O7. The molecule has 0 aromatic carbocycles. The van der Waals surface area contributed by atoms with Gasteiger partial charge >= 0.3 is 17.9 Å². The summed E-state index contributed by atoms with van der Waals surface area (Å²) in [5, 5.41) is 34.1. The van der Waals surface area contributed by atoms with Crippen LogP contribution in [0.3, 0.4) is 0 Å². The zero-order chi connectivity index (χ0) is 11.3. The van der Waals surface area contributed by atoms with Crippen molar-refractivity contribution in [1.29, 1.82) is 0 Å². The summed E-state index contributed by atoms with van der Waals surface area (Å²) in [6.45, 7) is 0. The molecule has 7 heteroatoms. The zero-order valence-electron chi connectivity index (χ0n) is 7.08. The van der Waals surface area contributed by atoms with Gasteiger partial charge in [0.1, 0.15) is 0 Å². The molecule has 80 valence electrons. The molecule has 2 atom stereocenters. The molecule has 0 saturated heterocycles. The summed E-state index contributed by atoms with van der Waals surface area (Å²) in [7, 11) is 0. The summed E-state index contributed by atoms with van der Waals surface area (Å²) < 4.78 is 0. The fourth-order valence-electron chi connectivity index (χ4n) is 0.897. The van der Waals surface area contributed by atoms with Crippen molar-refractivity contribution in [3.63, 3.8) is 0 Å². The Morgan fingerprint density at radius 2 is 1.36 bits per heavy atom. The number of rotatable bonds is 6. The number of carboxylic acid groups (broad SMARTS) is 3. The normalized spacial score (nSPS) is 14.4. The molecule has 2 unspecified atom stereocenters. The van der Waals surface area contributed by atoms with E-state index in [9.17, 15) is 14.4 Å². The Bertz CT molecular complexity index is 246. The highest BCUT2D eigenvalue weighted by molar-refractivity contribution is 5.79. The third kappa shape index (κ3) is 4.41. The van der Waals surface area contributed by atoms with Crippen LogP contribution in [0.15, 0.2) is 0 Å². The lowest BCUT2D eigenvalue weighted by Gasteiger charge is -2.14. The lowest BCUT2D eigenvalue weighted by molar-refractivity contribution is -0.154. The monoisotopic (exact) mass is 206 g/mol. The van der Waals surface area contributed by atoms with Crippen LogP contribution in [-0.4, -0.2) is 44.4 Å². The van der Waals surface area contributed by atoms with Crippen molar-refractivity contribution in [3.8, 4) is 0 Å². The fraction of sp³-hybridized carbons (Fsp3) is 0.571. The van der Waals surface area contributed by atoms with E-state index in [1.807, 2.05) is 0 Å². The van der Waals surface area contributed by atoms with Gasteiger partial charge in [0.25, 0.3) is 0 Å². The van der Waals surface area contributed by atoms with Crippen molar-refractivity contribution in [2.75, 3.05) is 0 Å². The molecule has 0 aliphatic heterocycles. The minimum atomic E-state index is -1.69. The standard InChI is InChI=1S/C7H10O7/c8-4(2-6(11)12)3(7(13)14)1-5(9)10/h3-4,8H,1-2H2,(H,9,10)(H,11,12)(H,13,14). The number of aliphatic hydroxyl groups is 1. The molecule has 0 saturated carbocycles. The molecule has 14 heavy (non-hydrogen) atoms. The molecule has 4 N–H and O–H groups in total. The van der Waals surface area contributed by atoms with Crippen LogP contribution in [0.25, 0.3) is 0 Å². The molecule has 0 aliphatic rings. The maximum absolute atomic E-state index is 10.4. The quantitative estimate of drug-likeness (QED) is 0.438. The Kier molecular flexibility index (Phi) is 4.57. The topological polar surface area (TPSA) is 132 Å². The Balaban J connectivity index is 4.40. The van der Waals surface area contributed by atoms with Gasteiger partial charge in [0.2, 0.25) is 0 Å². The van der Waals surface area contributed by atoms with Gasteiger partial charge in [-0.25, -0.2) is 0 Å². The molecule has 0 aromatic rings. The number of carboxylic acids is 3. The number of hydrogen-bond donors (Lipinski definition) is 4. The molecule has 0 fully saturated rings. The van der Waals surface area contributed by atoms with Crippen molar-refractivity contribution < 1.29 is 34.8 Å². The highest BCUT2D eigenvalue weighted by Gasteiger charge is 2.30. The summed E-state index contributed by atoms with van der Waals surface area (Å²) in [4.78, 5) is 30.7. The highest BCUT2D eigenvalue weighted by Crippen LogP contribution is 2.12. The zero-order valence-corrected chi connectivity index (χ0v) is 7.08. The first-order chi connectivity index (χ1) is 6.34. The molecule has 0 aliphatic carbocycles. The minimum absolute atomic E-state index is 0.787. The second kappa shape index (κ2) is 5.18. The van der Waals surface area contributed by atoms with E-state index in [-0.39, 0.29) is 0 Å². The average molecular weight is 206 g/mol. The second-order valence-electron chi connectivity index (χ2n) is 2.71. The molecule has 0 spiro atoms. The Morgan fingerprint density at radius 1 is 0.929 bits per heavy atom. The number of aliphatic carboxylic acids is 3. The Labute approximate surface area is 78.6 Å². The maximum atomic E-state index is 10.4. The summed E-state index contributed by atoms with van der Waals surface area (Å²) in [5.74, 6) is -5.90. The van der Waals surface area contributed by atoms with E-state index < -0.39 is 42.8 Å². The van der Waals surface area contributed by atoms with Crippen molar-refractivity contribution >= 4 is 17.9 Å². The van der Waals surface area contributed by atoms with E-state index in [2.05, 4.69) is 0 Å². The van der Waals surface area contributed by atoms with Crippen LogP contribution < -0.4 is 0 Å². The van der Waals surface area contributed by atoms with E-state index in [1.165, 1.54) is 0 Å². The van der Waals surface area contributed by atoms with Crippen LogP contribution in [0.1, 0.15) is 12.8 Å². The third-order valence-electron chi connectivity index (χ3n) is 1.56. The van der Waals surface area contributed by atoms with E-state index in [0.717, 1.165) is 0 Å².